The van der Waals surface area contributed by atoms with E-state index in [0.717, 1.165) is 27.6 Å². The van der Waals surface area contributed by atoms with E-state index in [9.17, 15) is 0 Å². The Morgan fingerprint density at radius 1 is 1.19 bits per heavy atom. The molecule has 0 saturated carbocycles. The number of aryl methyl sites for hydroxylation is 1. The van der Waals surface area contributed by atoms with Gasteiger partial charge in [0, 0.05) is 29.1 Å². The van der Waals surface area contributed by atoms with E-state index in [-0.39, 0.29) is 0 Å². The Kier molecular flexibility index (Phi) is 3.64. The number of hydrogen-bond donors (Lipinski definition) is 1. The predicted octanol–water partition coefficient (Wildman–Crippen LogP) is 4.83. The summed E-state index contributed by atoms with van der Waals surface area (Å²) < 4.78 is 0. The van der Waals surface area contributed by atoms with Crippen molar-refractivity contribution in [2.24, 2.45) is 0 Å². The van der Waals surface area contributed by atoms with E-state index in [4.69, 9.17) is 4.98 Å². The Labute approximate surface area is 129 Å². The molecular weight excluding hydrogens is 278 g/mol. The molecule has 0 bridgehead atoms. The Hall–Kier alpha value is -1.94. The van der Waals surface area contributed by atoms with Gasteiger partial charge in [0.1, 0.15) is 0 Å². The number of thiazole rings is 1. The molecule has 0 saturated heterocycles. The molecule has 4 heteroatoms. The summed E-state index contributed by atoms with van der Waals surface area (Å²) in [6.45, 7) is 6.46. The van der Waals surface area contributed by atoms with Crippen LogP contribution in [0.1, 0.15) is 31.0 Å². The Balaban J connectivity index is 2.30. The zero-order chi connectivity index (χ0) is 15.0. The van der Waals surface area contributed by atoms with E-state index >= 15 is 0 Å². The van der Waals surface area contributed by atoms with Gasteiger partial charge in [0.2, 0.25) is 0 Å². The van der Waals surface area contributed by atoms with Gasteiger partial charge < -0.3 is 5.32 Å². The van der Waals surface area contributed by atoms with Crippen LogP contribution in [0.2, 0.25) is 0 Å². The van der Waals surface area contributed by atoms with Crippen LogP contribution in [0.25, 0.3) is 22.2 Å². The predicted molar refractivity (Wildman–Crippen MR) is 91.2 cm³/mol. The highest BCUT2D eigenvalue weighted by molar-refractivity contribution is 7.14. The molecule has 0 amide bonds. The van der Waals surface area contributed by atoms with Crippen molar-refractivity contribution in [3.05, 3.63) is 40.9 Å². The van der Waals surface area contributed by atoms with Gasteiger partial charge >= 0.3 is 0 Å². The molecule has 0 atom stereocenters. The van der Waals surface area contributed by atoms with Crippen LogP contribution >= 0.6 is 11.3 Å². The highest BCUT2D eigenvalue weighted by Crippen LogP contribution is 2.33. The van der Waals surface area contributed by atoms with Gasteiger partial charge in [-0.2, -0.15) is 0 Å². The van der Waals surface area contributed by atoms with E-state index < -0.39 is 0 Å². The van der Waals surface area contributed by atoms with Crippen molar-refractivity contribution in [1.29, 1.82) is 0 Å². The first kappa shape index (κ1) is 14.0. The van der Waals surface area contributed by atoms with Crippen LogP contribution in [-0.4, -0.2) is 17.0 Å². The number of nitrogens with one attached hydrogen (secondary N) is 1. The molecule has 0 fully saturated rings. The van der Waals surface area contributed by atoms with Crippen molar-refractivity contribution in [2.45, 2.75) is 26.7 Å². The summed E-state index contributed by atoms with van der Waals surface area (Å²) in [5, 5.41) is 7.32. The van der Waals surface area contributed by atoms with Crippen molar-refractivity contribution < 1.29 is 0 Å². The molecule has 2 aromatic heterocycles. The molecule has 0 spiro atoms. The minimum Gasteiger partial charge on any atom is -0.365 e. The van der Waals surface area contributed by atoms with E-state index in [2.05, 4.69) is 53.8 Å². The highest BCUT2D eigenvalue weighted by Gasteiger charge is 2.13. The maximum Gasteiger partial charge on any atom is 0.182 e. The Bertz CT molecular complexity index is 790. The third-order valence-corrected chi connectivity index (χ3v) is 4.47. The topological polar surface area (TPSA) is 37.8 Å². The normalized spacial score (nSPS) is 11.3. The molecule has 3 nitrogen and oxygen atoms in total. The second kappa shape index (κ2) is 5.45. The van der Waals surface area contributed by atoms with Crippen molar-refractivity contribution in [3.63, 3.8) is 0 Å². The highest BCUT2D eigenvalue weighted by atomic mass is 32.1. The lowest BCUT2D eigenvalue weighted by molar-refractivity contribution is 0.872. The van der Waals surface area contributed by atoms with Gasteiger partial charge in [0.25, 0.3) is 0 Å². The third-order valence-electron chi connectivity index (χ3n) is 3.61. The summed E-state index contributed by atoms with van der Waals surface area (Å²) in [5.74, 6) is 0.458. The van der Waals surface area contributed by atoms with Crippen molar-refractivity contribution in [2.75, 3.05) is 12.4 Å². The number of hydrogen-bond acceptors (Lipinski definition) is 4. The molecule has 21 heavy (non-hydrogen) atoms. The summed E-state index contributed by atoms with van der Waals surface area (Å²) in [5.41, 5.74) is 5.60. The summed E-state index contributed by atoms with van der Waals surface area (Å²) >= 11 is 1.63. The number of para-hydroxylation sites is 1. The van der Waals surface area contributed by atoms with Gasteiger partial charge in [0.05, 0.1) is 11.2 Å². The SMILES string of the molecule is CNc1nc(-c2cc(C)nc3c(C(C)C)cccc23)cs1. The van der Waals surface area contributed by atoms with Crippen LogP contribution in [0.5, 0.6) is 0 Å². The van der Waals surface area contributed by atoms with Crippen molar-refractivity contribution >= 4 is 27.4 Å². The van der Waals surface area contributed by atoms with Crippen molar-refractivity contribution in [3.8, 4) is 11.3 Å². The molecular formula is C17H19N3S. The third kappa shape index (κ3) is 2.51. The van der Waals surface area contributed by atoms with Gasteiger partial charge in [-0.05, 0) is 24.5 Å². The molecule has 0 unspecified atom stereocenters. The van der Waals surface area contributed by atoms with E-state index in [0.29, 0.717) is 5.92 Å². The fourth-order valence-corrected chi connectivity index (χ4v) is 3.26. The number of aromatic nitrogens is 2. The number of rotatable bonds is 3. The Morgan fingerprint density at radius 2 is 2.00 bits per heavy atom. The smallest absolute Gasteiger partial charge is 0.182 e. The van der Waals surface area contributed by atoms with Crippen LogP contribution in [0.15, 0.2) is 29.6 Å². The maximum absolute atomic E-state index is 4.77. The molecule has 1 aromatic carbocycles. The van der Waals surface area contributed by atoms with Gasteiger partial charge in [-0.1, -0.05) is 32.0 Å². The standard InChI is InChI=1S/C17H19N3S/c1-10(2)12-6-5-7-13-14(8-11(3)19-16(12)13)15-9-21-17(18-4)20-15/h5-10H,1-4H3,(H,18,20). The number of benzene rings is 1. The molecule has 0 aliphatic heterocycles. The largest absolute Gasteiger partial charge is 0.365 e. The van der Waals surface area contributed by atoms with Gasteiger partial charge in [-0.25, -0.2) is 4.98 Å². The van der Waals surface area contributed by atoms with Crippen molar-refractivity contribution in [1.82, 2.24) is 9.97 Å². The van der Waals surface area contributed by atoms with Crippen LogP contribution in [-0.2, 0) is 0 Å². The number of fused-ring (bicyclic) bond motifs is 1. The number of nitrogens with zero attached hydrogens (tertiary/aromatic N) is 2. The van der Waals surface area contributed by atoms with Crippen LogP contribution < -0.4 is 5.32 Å². The first-order valence-electron chi connectivity index (χ1n) is 7.14. The molecule has 3 rings (SSSR count). The fourth-order valence-electron chi connectivity index (χ4n) is 2.59. The molecule has 1 N–H and O–H groups in total. The first-order chi connectivity index (χ1) is 10.1. The summed E-state index contributed by atoms with van der Waals surface area (Å²) in [6.07, 6.45) is 0. The summed E-state index contributed by atoms with van der Waals surface area (Å²) in [4.78, 5) is 9.41. The Morgan fingerprint density at radius 3 is 2.67 bits per heavy atom. The molecule has 3 aromatic rings. The molecule has 0 aliphatic rings. The lowest BCUT2D eigenvalue weighted by atomic mass is 9.96. The average molecular weight is 297 g/mol. The second-order valence-electron chi connectivity index (χ2n) is 5.50. The summed E-state index contributed by atoms with van der Waals surface area (Å²) in [6, 6.07) is 8.55. The van der Waals surface area contributed by atoms with Crippen LogP contribution in [0, 0.1) is 6.92 Å². The molecule has 108 valence electrons. The monoisotopic (exact) mass is 297 g/mol. The van der Waals surface area contributed by atoms with E-state index in [1.54, 1.807) is 11.3 Å². The molecule has 2 heterocycles. The number of anilines is 1. The van der Waals surface area contributed by atoms with E-state index in [1.807, 2.05) is 14.0 Å². The quantitative estimate of drug-likeness (QED) is 0.752. The average Bonchev–Trinajstić information content (AvgIpc) is 2.94. The fraction of sp³-hybridized carbons (Fsp3) is 0.294. The second-order valence-corrected chi connectivity index (χ2v) is 6.36. The maximum atomic E-state index is 4.77. The zero-order valence-electron chi connectivity index (χ0n) is 12.8. The lowest BCUT2D eigenvalue weighted by Crippen LogP contribution is -1.95. The lowest BCUT2D eigenvalue weighted by Gasteiger charge is -2.12. The van der Waals surface area contributed by atoms with Gasteiger partial charge in [-0.3, -0.25) is 4.98 Å². The molecule has 0 aliphatic carbocycles. The minimum absolute atomic E-state index is 0.458. The first-order valence-corrected chi connectivity index (χ1v) is 8.02. The minimum atomic E-state index is 0.458. The van der Waals surface area contributed by atoms with Crippen LogP contribution in [0.4, 0.5) is 5.13 Å². The van der Waals surface area contributed by atoms with Gasteiger partial charge in [-0.15, -0.1) is 11.3 Å². The zero-order valence-corrected chi connectivity index (χ0v) is 13.6. The molecule has 0 radical (unpaired) electrons. The summed E-state index contributed by atoms with van der Waals surface area (Å²) in [7, 11) is 1.90. The van der Waals surface area contributed by atoms with E-state index in [1.165, 1.54) is 10.9 Å². The van der Waals surface area contributed by atoms with Crippen LogP contribution in [0.3, 0.4) is 0 Å². The van der Waals surface area contributed by atoms with Gasteiger partial charge in [0.15, 0.2) is 5.13 Å². The number of pyridine rings is 1.